The zero-order valence-corrected chi connectivity index (χ0v) is 14.6. The Balaban J connectivity index is 2.67. The largest absolute Gasteiger partial charge is 0.393 e. The fourth-order valence-corrected chi connectivity index (χ4v) is 2.20. The summed E-state index contributed by atoms with van der Waals surface area (Å²) < 4.78 is 0. The number of carbonyl (C=O) groups excluding carboxylic acids is 2. The molecule has 0 fully saturated rings. The third-order valence-corrected chi connectivity index (χ3v) is 3.55. The maximum absolute atomic E-state index is 12.3. The zero-order chi connectivity index (χ0) is 17.4. The standard InChI is InChI=1S/C17H25ClN2O3/c1-11(2)10-15(17(23)19-9-8-12(3)21)20-16(22)13-4-6-14(18)7-5-13/h4-7,11-12,15,21H,8-10H2,1-3H3,(H,19,23)(H,20,22). The lowest BCUT2D eigenvalue weighted by Crippen LogP contribution is -2.47. The van der Waals surface area contributed by atoms with Crippen molar-refractivity contribution in [2.24, 2.45) is 5.92 Å². The van der Waals surface area contributed by atoms with Crippen molar-refractivity contribution in [1.29, 1.82) is 0 Å². The number of rotatable bonds is 8. The van der Waals surface area contributed by atoms with Gasteiger partial charge < -0.3 is 15.7 Å². The number of hydrogen-bond acceptors (Lipinski definition) is 3. The summed E-state index contributed by atoms with van der Waals surface area (Å²) in [5, 5.41) is 15.3. The topological polar surface area (TPSA) is 78.4 Å². The van der Waals surface area contributed by atoms with E-state index in [0.29, 0.717) is 30.0 Å². The van der Waals surface area contributed by atoms with Crippen LogP contribution in [0.2, 0.25) is 5.02 Å². The number of aliphatic hydroxyl groups excluding tert-OH is 1. The maximum atomic E-state index is 12.3. The molecule has 0 radical (unpaired) electrons. The van der Waals surface area contributed by atoms with Crippen molar-refractivity contribution in [1.82, 2.24) is 10.6 Å². The van der Waals surface area contributed by atoms with Gasteiger partial charge >= 0.3 is 0 Å². The Morgan fingerprint density at radius 3 is 2.30 bits per heavy atom. The molecule has 0 bridgehead atoms. The van der Waals surface area contributed by atoms with Gasteiger partial charge in [-0.1, -0.05) is 25.4 Å². The molecule has 1 rings (SSSR count). The number of amides is 2. The highest BCUT2D eigenvalue weighted by Gasteiger charge is 2.22. The van der Waals surface area contributed by atoms with Crippen LogP contribution < -0.4 is 10.6 Å². The van der Waals surface area contributed by atoms with Crippen LogP contribution in [0.5, 0.6) is 0 Å². The fraction of sp³-hybridized carbons (Fsp3) is 0.529. The van der Waals surface area contributed by atoms with Crippen LogP contribution in [0, 0.1) is 5.92 Å². The predicted molar refractivity (Wildman–Crippen MR) is 91.5 cm³/mol. The Hall–Kier alpha value is -1.59. The molecule has 0 heterocycles. The number of carbonyl (C=O) groups is 2. The summed E-state index contributed by atoms with van der Waals surface area (Å²) in [5.41, 5.74) is 0.458. The van der Waals surface area contributed by atoms with E-state index in [2.05, 4.69) is 10.6 Å². The third-order valence-electron chi connectivity index (χ3n) is 3.30. The van der Waals surface area contributed by atoms with E-state index in [1.54, 1.807) is 31.2 Å². The average Bonchev–Trinajstić information content (AvgIpc) is 2.46. The van der Waals surface area contributed by atoms with Crippen molar-refractivity contribution in [2.45, 2.75) is 45.8 Å². The molecule has 0 spiro atoms. The van der Waals surface area contributed by atoms with Gasteiger partial charge in [0.05, 0.1) is 6.10 Å². The van der Waals surface area contributed by atoms with E-state index in [4.69, 9.17) is 11.6 Å². The van der Waals surface area contributed by atoms with Crippen LogP contribution in [-0.4, -0.2) is 35.6 Å². The van der Waals surface area contributed by atoms with E-state index in [0.717, 1.165) is 0 Å². The number of hydrogen-bond donors (Lipinski definition) is 3. The highest BCUT2D eigenvalue weighted by molar-refractivity contribution is 6.30. The highest BCUT2D eigenvalue weighted by Crippen LogP contribution is 2.11. The van der Waals surface area contributed by atoms with Gasteiger partial charge in [0.15, 0.2) is 0 Å². The van der Waals surface area contributed by atoms with E-state index >= 15 is 0 Å². The van der Waals surface area contributed by atoms with Gasteiger partial charge in [0.2, 0.25) is 5.91 Å². The SMILES string of the molecule is CC(C)CC(NC(=O)c1ccc(Cl)cc1)C(=O)NCCC(C)O. The van der Waals surface area contributed by atoms with Crippen LogP contribution >= 0.6 is 11.6 Å². The molecule has 2 unspecified atom stereocenters. The van der Waals surface area contributed by atoms with E-state index in [1.807, 2.05) is 13.8 Å². The van der Waals surface area contributed by atoms with Crippen molar-refractivity contribution in [3.8, 4) is 0 Å². The van der Waals surface area contributed by atoms with Gasteiger partial charge in [-0.25, -0.2) is 0 Å². The Bertz CT molecular complexity index is 515. The lowest BCUT2D eigenvalue weighted by Gasteiger charge is -2.20. The van der Waals surface area contributed by atoms with Crippen LogP contribution in [0.3, 0.4) is 0 Å². The number of nitrogens with one attached hydrogen (secondary N) is 2. The average molecular weight is 341 g/mol. The lowest BCUT2D eigenvalue weighted by molar-refractivity contribution is -0.123. The molecule has 6 heteroatoms. The second kappa shape index (κ2) is 9.53. The molecule has 2 atom stereocenters. The van der Waals surface area contributed by atoms with Gasteiger partial charge in [-0.15, -0.1) is 0 Å². The minimum absolute atomic E-state index is 0.235. The third kappa shape index (κ3) is 7.48. The number of aliphatic hydroxyl groups is 1. The zero-order valence-electron chi connectivity index (χ0n) is 13.8. The van der Waals surface area contributed by atoms with E-state index in [-0.39, 0.29) is 17.7 Å². The molecular formula is C17H25ClN2O3. The molecule has 0 aromatic heterocycles. The summed E-state index contributed by atoms with van der Waals surface area (Å²) in [4.78, 5) is 24.5. The van der Waals surface area contributed by atoms with E-state index in [9.17, 15) is 14.7 Å². The molecule has 128 valence electrons. The van der Waals surface area contributed by atoms with Crippen molar-refractivity contribution >= 4 is 23.4 Å². The second-order valence-corrected chi connectivity index (χ2v) is 6.53. The van der Waals surface area contributed by atoms with Gasteiger partial charge in [0.1, 0.15) is 6.04 Å². The Labute approximate surface area is 142 Å². The molecule has 0 aliphatic rings. The summed E-state index contributed by atoms with van der Waals surface area (Å²) in [6, 6.07) is 5.91. The Kier molecular flexibility index (Phi) is 8.06. The van der Waals surface area contributed by atoms with Crippen LogP contribution in [-0.2, 0) is 4.79 Å². The first-order valence-corrected chi connectivity index (χ1v) is 8.19. The minimum atomic E-state index is -0.604. The summed E-state index contributed by atoms with van der Waals surface area (Å²) in [6.45, 7) is 6.02. The van der Waals surface area contributed by atoms with Gasteiger partial charge in [0, 0.05) is 17.1 Å². The first-order chi connectivity index (χ1) is 10.8. The summed E-state index contributed by atoms with van der Waals surface area (Å²) in [6.07, 6.45) is 0.549. The van der Waals surface area contributed by atoms with Gasteiger partial charge in [-0.3, -0.25) is 9.59 Å². The second-order valence-electron chi connectivity index (χ2n) is 6.09. The lowest BCUT2D eigenvalue weighted by atomic mass is 10.0. The predicted octanol–water partition coefficient (Wildman–Crippen LogP) is 2.37. The van der Waals surface area contributed by atoms with Crippen LogP contribution in [0.4, 0.5) is 0 Å². The van der Waals surface area contributed by atoms with Crippen molar-refractivity contribution < 1.29 is 14.7 Å². The van der Waals surface area contributed by atoms with Crippen LogP contribution in [0.1, 0.15) is 44.0 Å². The van der Waals surface area contributed by atoms with Gasteiger partial charge in [0.25, 0.3) is 5.91 Å². The fourth-order valence-electron chi connectivity index (χ4n) is 2.07. The number of benzene rings is 1. The molecule has 5 nitrogen and oxygen atoms in total. The Morgan fingerprint density at radius 1 is 1.17 bits per heavy atom. The molecular weight excluding hydrogens is 316 g/mol. The molecule has 1 aromatic carbocycles. The highest BCUT2D eigenvalue weighted by atomic mass is 35.5. The molecule has 0 saturated carbocycles. The summed E-state index contributed by atoms with van der Waals surface area (Å²) in [7, 11) is 0. The van der Waals surface area contributed by atoms with Crippen LogP contribution in [0.25, 0.3) is 0 Å². The normalized spacial score (nSPS) is 13.5. The molecule has 0 saturated heterocycles. The van der Waals surface area contributed by atoms with Crippen molar-refractivity contribution in [2.75, 3.05) is 6.54 Å². The quantitative estimate of drug-likeness (QED) is 0.679. The van der Waals surface area contributed by atoms with Crippen molar-refractivity contribution in [3.05, 3.63) is 34.9 Å². The van der Waals surface area contributed by atoms with Crippen LogP contribution in [0.15, 0.2) is 24.3 Å². The van der Waals surface area contributed by atoms with Gasteiger partial charge in [-0.2, -0.15) is 0 Å². The van der Waals surface area contributed by atoms with E-state index in [1.165, 1.54) is 0 Å². The Morgan fingerprint density at radius 2 is 1.78 bits per heavy atom. The first kappa shape index (κ1) is 19.5. The summed E-state index contributed by atoms with van der Waals surface area (Å²) in [5.74, 6) is -0.285. The maximum Gasteiger partial charge on any atom is 0.251 e. The monoisotopic (exact) mass is 340 g/mol. The minimum Gasteiger partial charge on any atom is -0.393 e. The van der Waals surface area contributed by atoms with Gasteiger partial charge in [-0.05, 0) is 49.9 Å². The first-order valence-electron chi connectivity index (χ1n) is 7.81. The molecule has 1 aromatic rings. The summed E-state index contributed by atoms with van der Waals surface area (Å²) >= 11 is 5.81. The molecule has 23 heavy (non-hydrogen) atoms. The molecule has 0 aliphatic carbocycles. The van der Waals surface area contributed by atoms with Crippen molar-refractivity contribution in [3.63, 3.8) is 0 Å². The molecule has 0 aliphatic heterocycles. The number of halogens is 1. The van der Waals surface area contributed by atoms with E-state index < -0.39 is 12.1 Å². The molecule has 3 N–H and O–H groups in total. The molecule has 2 amide bonds. The smallest absolute Gasteiger partial charge is 0.251 e.